The second-order valence-corrected chi connectivity index (χ2v) is 5.16. The van der Waals surface area contributed by atoms with Crippen molar-refractivity contribution in [2.75, 3.05) is 46.5 Å². The van der Waals surface area contributed by atoms with Gasteiger partial charge in [-0.15, -0.1) is 0 Å². The third-order valence-corrected chi connectivity index (χ3v) is 3.57. The van der Waals surface area contributed by atoms with E-state index in [1.807, 2.05) is 12.1 Å². The zero-order valence-corrected chi connectivity index (χ0v) is 13.2. The Bertz CT molecular complexity index is 475. The minimum absolute atomic E-state index is 0.126. The third kappa shape index (κ3) is 4.89. The van der Waals surface area contributed by atoms with Gasteiger partial charge >= 0.3 is 0 Å². The molecule has 1 aliphatic heterocycles. The van der Waals surface area contributed by atoms with Crippen LogP contribution in [-0.4, -0.2) is 63.4 Å². The Hall–Kier alpha value is -1.79. The second-order valence-electron chi connectivity index (χ2n) is 5.16. The number of para-hydroxylation sites is 2. The summed E-state index contributed by atoms with van der Waals surface area (Å²) in [4.78, 5) is 14.3. The number of nitrogens with one attached hydrogen (secondary N) is 1. The van der Waals surface area contributed by atoms with Crippen LogP contribution in [0.4, 0.5) is 0 Å². The highest BCUT2D eigenvalue weighted by Crippen LogP contribution is 2.26. The average molecular weight is 308 g/mol. The molecule has 0 aliphatic carbocycles. The van der Waals surface area contributed by atoms with Gasteiger partial charge in [-0.1, -0.05) is 12.1 Å². The number of hydrogen-bond acceptors (Lipinski definition) is 5. The number of nitrogens with zero attached hydrogens (tertiary/aromatic N) is 1. The molecule has 0 saturated carbocycles. The summed E-state index contributed by atoms with van der Waals surface area (Å²) in [6.07, 6.45) is -0.569. The maximum absolute atomic E-state index is 12.1. The summed E-state index contributed by atoms with van der Waals surface area (Å²) in [6, 6.07) is 7.30. The number of carbonyl (C=O) groups is 1. The zero-order chi connectivity index (χ0) is 15.8. The van der Waals surface area contributed by atoms with Crippen LogP contribution >= 0.6 is 0 Å². The molecular weight excluding hydrogens is 284 g/mol. The fourth-order valence-electron chi connectivity index (χ4n) is 2.27. The molecule has 1 amide bonds. The molecule has 1 aromatic carbocycles. The van der Waals surface area contributed by atoms with Gasteiger partial charge in [0.05, 0.1) is 20.3 Å². The molecule has 2 rings (SSSR count). The van der Waals surface area contributed by atoms with Crippen LogP contribution < -0.4 is 14.8 Å². The summed E-state index contributed by atoms with van der Waals surface area (Å²) in [5.74, 6) is 1.07. The first-order chi connectivity index (χ1) is 10.7. The van der Waals surface area contributed by atoms with E-state index in [1.54, 1.807) is 26.2 Å². The largest absolute Gasteiger partial charge is 0.493 e. The highest BCUT2D eigenvalue weighted by molar-refractivity contribution is 5.80. The van der Waals surface area contributed by atoms with Gasteiger partial charge in [0.25, 0.3) is 5.91 Å². The molecule has 0 bridgehead atoms. The standard InChI is InChI=1S/C16H24N2O4/c1-13(22-15-6-4-3-5-14(15)20-2)16(19)17-7-8-18-9-11-21-12-10-18/h3-6,13H,7-12H2,1-2H3,(H,17,19). The zero-order valence-electron chi connectivity index (χ0n) is 13.2. The number of benzene rings is 1. The van der Waals surface area contributed by atoms with Gasteiger partial charge in [0.2, 0.25) is 0 Å². The molecule has 22 heavy (non-hydrogen) atoms. The summed E-state index contributed by atoms with van der Waals surface area (Å²) in [7, 11) is 1.58. The molecule has 1 N–H and O–H groups in total. The Morgan fingerprint density at radius 2 is 2.00 bits per heavy atom. The Labute approximate surface area is 131 Å². The predicted octanol–water partition coefficient (Wildman–Crippen LogP) is 0.911. The van der Waals surface area contributed by atoms with E-state index >= 15 is 0 Å². The number of carbonyl (C=O) groups excluding carboxylic acids is 1. The van der Waals surface area contributed by atoms with Crippen molar-refractivity contribution in [3.8, 4) is 11.5 Å². The van der Waals surface area contributed by atoms with E-state index in [-0.39, 0.29) is 5.91 Å². The lowest BCUT2D eigenvalue weighted by Crippen LogP contribution is -2.43. The number of methoxy groups -OCH3 is 1. The van der Waals surface area contributed by atoms with Gasteiger partial charge < -0.3 is 19.5 Å². The number of morpholine rings is 1. The second kappa shape index (κ2) is 8.60. The van der Waals surface area contributed by atoms with Crippen LogP contribution in [0.15, 0.2) is 24.3 Å². The number of ether oxygens (including phenoxy) is 3. The normalized spacial score (nSPS) is 16.8. The van der Waals surface area contributed by atoms with Crippen molar-refractivity contribution < 1.29 is 19.0 Å². The van der Waals surface area contributed by atoms with Gasteiger partial charge in [0, 0.05) is 26.2 Å². The number of hydrogen-bond donors (Lipinski definition) is 1. The summed E-state index contributed by atoms with van der Waals surface area (Å²) < 4.78 is 16.2. The van der Waals surface area contributed by atoms with E-state index < -0.39 is 6.10 Å². The van der Waals surface area contributed by atoms with Crippen LogP contribution in [0.25, 0.3) is 0 Å². The summed E-state index contributed by atoms with van der Waals surface area (Å²) in [5.41, 5.74) is 0. The van der Waals surface area contributed by atoms with Gasteiger partial charge in [-0.2, -0.15) is 0 Å². The summed E-state index contributed by atoms with van der Waals surface area (Å²) in [6.45, 7) is 6.54. The molecule has 122 valence electrons. The van der Waals surface area contributed by atoms with Crippen LogP contribution in [0, 0.1) is 0 Å². The van der Waals surface area contributed by atoms with Crippen molar-refractivity contribution in [3.05, 3.63) is 24.3 Å². The van der Waals surface area contributed by atoms with E-state index in [0.717, 1.165) is 32.8 Å². The van der Waals surface area contributed by atoms with Crippen molar-refractivity contribution in [2.24, 2.45) is 0 Å². The molecule has 1 saturated heterocycles. The highest BCUT2D eigenvalue weighted by Gasteiger charge is 2.17. The van der Waals surface area contributed by atoms with E-state index in [4.69, 9.17) is 14.2 Å². The fraction of sp³-hybridized carbons (Fsp3) is 0.562. The predicted molar refractivity (Wildman–Crippen MR) is 83.4 cm³/mol. The van der Waals surface area contributed by atoms with Crippen molar-refractivity contribution in [1.82, 2.24) is 10.2 Å². The first-order valence-corrected chi connectivity index (χ1v) is 7.58. The number of amides is 1. The Morgan fingerprint density at radius 3 is 2.68 bits per heavy atom. The van der Waals surface area contributed by atoms with Gasteiger partial charge in [-0.25, -0.2) is 0 Å². The quantitative estimate of drug-likeness (QED) is 0.811. The number of rotatable bonds is 7. The van der Waals surface area contributed by atoms with Crippen molar-refractivity contribution >= 4 is 5.91 Å². The van der Waals surface area contributed by atoms with E-state index in [0.29, 0.717) is 18.0 Å². The van der Waals surface area contributed by atoms with Crippen LogP contribution in [-0.2, 0) is 9.53 Å². The van der Waals surface area contributed by atoms with Gasteiger partial charge in [0.1, 0.15) is 0 Å². The Kier molecular flexibility index (Phi) is 6.48. The van der Waals surface area contributed by atoms with E-state index in [2.05, 4.69) is 10.2 Å². The highest BCUT2D eigenvalue weighted by atomic mass is 16.5. The summed E-state index contributed by atoms with van der Waals surface area (Å²) in [5, 5.41) is 2.90. The van der Waals surface area contributed by atoms with Crippen molar-refractivity contribution in [2.45, 2.75) is 13.0 Å². The molecule has 0 spiro atoms. The first kappa shape index (κ1) is 16.6. The van der Waals surface area contributed by atoms with Crippen LogP contribution in [0.2, 0.25) is 0 Å². The van der Waals surface area contributed by atoms with Crippen LogP contribution in [0.1, 0.15) is 6.92 Å². The fourth-order valence-corrected chi connectivity index (χ4v) is 2.27. The Balaban J connectivity index is 1.74. The monoisotopic (exact) mass is 308 g/mol. The average Bonchev–Trinajstić information content (AvgIpc) is 2.56. The summed E-state index contributed by atoms with van der Waals surface area (Å²) >= 11 is 0. The van der Waals surface area contributed by atoms with Gasteiger partial charge in [0.15, 0.2) is 17.6 Å². The lowest BCUT2D eigenvalue weighted by atomic mass is 10.3. The van der Waals surface area contributed by atoms with Crippen LogP contribution in [0.3, 0.4) is 0 Å². The minimum atomic E-state index is -0.569. The maximum atomic E-state index is 12.1. The van der Waals surface area contributed by atoms with E-state index in [1.165, 1.54) is 0 Å². The molecule has 1 fully saturated rings. The molecular formula is C16H24N2O4. The van der Waals surface area contributed by atoms with Gasteiger partial charge in [-0.05, 0) is 19.1 Å². The molecule has 1 atom stereocenters. The molecule has 1 aliphatic rings. The van der Waals surface area contributed by atoms with E-state index in [9.17, 15) is 4.79 Å². The molecule has 1 unspecified atom stereocenters. The molecule has 6 heteroatoms. The molecule has 0 radical (unpaired) electrons. The van der Waals surface area contributed by atoms with Gasteiger partial charge in [-0.3, -0.25) is 9.69 Å². The van der Waals surface area contributed by atoms with Crippen molar-refractivity contribution in [1.29, 1.82) is 0 Å². The third-order valence-electron chi connectivity index (χ3n) is 3.57. The van der Waals surface area contributed by atoms with Crippen molar-refractivity contribution in [3.63, 3.8) is 0 Å². The topological polar surface area (TPSA) is 60.0 Å². The SMILES string of the molecule is COc1ccccc1OC(C)C(=O)NCCN1CCOCC1. The Morgan fingerprint density at radius 1 is 1.32 bits per heavy atom. The molecule has 1 heterocycles. The molecule has 6 nitrogen and oxygen atoms in total. The lowest BCUT2D eigenvalue weighted by Gasteiger charge is -2.26. The molecule has 0 aromatic heterocycles. The minimum Gasteiger partial charge on any atom is -0.493 e. The first-order valence-electron chi connectivity index (χ1n) is 7.58. The smallest absolute Gasteiger partial charge is 0.260 e. The van der Waals surface area contributed by atoms with Crippen LogP contribution in [0.5, 0.6) is 11.5 Å². The lowest BCUT2D eigenvalue weighted by molar-refractivity contribution is -0.127. The molecule has 1 aromatic rings. The maximum Gasteiger partial charge on any atom is 0.260 e.